The molecule has 0 unspecified atom stereocenters. The van der Waals surface area contributed by atoms with E-state index >= 15 is 0 Å². The first kappa shape index (κ1) is 31.9. The number of furan rings is 2. The summed E-state index contributed by atoms with van der Waals surface area (Å²) >= 11 is 0. The van der Waals surface area contributed by atoms with Gasteiger partial charge in [0.1, 0.15) is 16.7 Å². The van der Waals surface area contributed by atoms with Crippen LogP contribution in [0.15, 0.2) is 179 Å². The fourth-order valence-corrected chi connectivity index (χ4v) is 9.29. The third-order valence-electron chi connectivity index (χ3n) is 11.9. The van der Waals surface area contributed by atoms with Gasteiger partial charge in [0.15, 0.2) is 5.58 Å². The Hall–Kier alpha value is -6.58. The molecule has 55 heavy (non-hydrogen) atoms. The average Bonchev–Trinajstić information content (AvgIpc) is 3.83. The van der Waals surface area contributed by atoms with Crippen LogP contribution in [0.4, 0.5) is 17.1 Å². The number of benzene rings is 8. The van der Waals surface area contributed by atoms with E-state index in [1.807, 2.05) is 18.2 Å². The van der Waals surface area contributed by atoms with Crippen molar-refractivity contribution in [2.75, 3.05) is 4.90 Å². The van der Waals surface area contributed by atoms with Gasteiger partial charge in [0.05, 0.1) is 11.4 Å². The molecule has 0 saturated heterocycles. The van der Waals surface area contributed by atoms with Crippen molar-refractivity contribution in [1.82, 2.24) is 0 Å². The summed E-state index contributed by atoms with van der Waals surface area (Å²) in [5, 5.41) is 7.16. The first-order valence-corrected chi connectivity index (χ1v) is 19.6. The Kier molecular flexibility index (Phi) is 7.58. The fraction of sp³-hybridized carbons (Fsp3) is 0.115. The summed E-state index contributed by atoms with van der Waals surface area (Å²) in [7, 11) is 0. The van der Waals surface area contributed by atoms with Crippen LogP contribution < -0.4 is 4.90 Å². The monoisotopic (exact) mass is 709 g/mol. The van der Waals surface area contributed by atoms with E-state index < -0.39 is 0 Å². The van der Waals surface area contributed by atoms with Gasteiger partial charge in [-0.1, -0.05) is 141 Å². The largest absolute Gasteiger partial charge is 0.456 e. The van der Waals surface area contributed by atoms with Gasteiger partial charge in [-0.15, -0.1) is 0 Å². The summed E-state index contributed by atoms with van der Waals surface area (Å²) in [6, 6.07) is 61.3. The Bertz CT molecular complexity index is 3040. The van der Waals surface area contributed by atoms with Crippen molar-refractivity contribution in [2.24, 2.45) is 0 Å². The normalized spacial score (nSPS) is 13.7. The number of anilines is 3. The maximum absolute atomic E-state index is 6.76. The Morgan fingerprint density at radius 3 is 1.95 bits per heavy atom. The number of fused-ring (bicyclic) bond motifs is 7. The molecular formula is C52H39NO2. The van der Waals surface area contributed by atoms with Crippen molar-refractivity contribution in [3.63, 3.8) is 0 Å². The zero-order chi connectivity index (χ0) is 36.3. The standard InChI is InChI=1S/C52H39NO2/c1-2-14-34(15-3-1)39-23-11-16-35-17-12-24-44(51(35)39)40-20-4-7-26-46(40)53(47-27-13-25-45-42-22-6-9-29-49(42)55-52(45)47)38-19-10-18-36(32-38)37-30-31-43-41-21-5-8-28-48(41)54-50(43)33-37/h4-13,16-34H,1-3,14-15H2. The van der Waals surface area contributed by atoms with Crippen LogP contribution >= 0.6 is 0 Å². The molecule has 2 aromatic heterocycles. The lowest BCUT2D eigenvalue weighted by Crippen LogP contribution is -2.12. The second-order valence-electron chi connectivity index (χ2n) is 15.0. The highest BCUT2D eigenvalue weighted by atomic mass is 16.3. The summed E-state index contributed by atoms with van der Waals surface area (Å²) in [6.45, 7) is 0. The predicted molar refractivity (Wildman–Crippen MR) is 230 cm³/mol. The Labute approximate surface area is 320 Å². The highest BCUT2D eigenvalue weighted by Crippen LogP contribution is 2.48. The number of rotatable bonds is 6. The minimum Gasteiger partial charge on any atom is -0.456 e. The molecule has 0 atom stereocenters. The van der Waals surface area contributed by atoms with Gasteiger partial charge in [0.25, 0.3) is 0 Å². The molecule has 3 nitrogen and oxygen atoms in total. The van der Waals surface area contributed by atoms with Gasteiger partial charge in [-0.25, -0.2) is 0 Å². The van der Waals surface area contributed by atoms with E-state index in [0.717, 1.165) is 72.1 Å². The van der Waals surface area contributed by atoms with Gasteiger partial charge in [-0.3, -0.25) is 0 Å². The minimum atomic E-state index is 0.576. The summed E-state index contributed by atoms with van der Waals surface area (Å²) in [5.41, 5.74) is 12.9. The molecule has 264 valence electrons. The van der Waals surface area contributed by atoms with E-state index in [1.165, 1.54) is 59.6 Å². The van der Waals surface area contributed by atoms with Gasteiger partial charge in [0, 0.05) is 32.8 Å². The van der Waals surface area contributed by atoms with Crippen LogP contribution in [0.5, 0.6) is 0 Å². The topological polar surface area (TPSA) is 29.5 Å². The van der Waals surface area contributed by atoms with Gasteiger partial charge < -0.3 is 13.7 Å². The number of hydrogen-bond acceptors (Lipinski definition) is 3. The quantitative estimate of drug-likeness (QED) is 0.172. The second kappa shape index (κ2) is 13.1. The van der Waals surface area contributed by atoms with Gasteiger partial charge in [-0.2, -0.15) is 0 Å². The molecule has 10 aromatic rings. The van der Waals surface area contributed by atoms with Crippen LogP contribution in [0.2, 0.25) is 0 Å². The lowest BCUT2D eigenvalue weighted by Gasteiger charge is -2.29. The highest BCUT2D eigenvalue weighted by molar-refractivity contribution is 6.12. The first-order valence-electron chi connectivity index (χ1n) is 19.6. The number of para-hydroxylation sites is 4. The maximum atomic E-state index is 6.76. The first-order chi connectivity index (χ1) is 27.3. The molecule has 11 rings (SSSR count). The van der Waals surface area contributed by atoms with Crippen LogP contribution in [0.3, 0.4) is 0 Å². The molecule has 1 aliphatic rings. The third-order valence-corrected chi connectivity index (χ3v) is 11.9. The molecule has 3 heteroatoms. The molecule has 0 N–H and O–H groups in total. The summed E-state index contributed by atoms with van der Waals surface area (Å²) < 4.78 is 13.1. The fourth-order valence-electron chi connectivity index (χ4n) is 9.29. The summed E-state index contributed by atoms with van der Waals surface area (Å²) in [5.74, 6) is 0.576. The highest BCUT2D eigenvalue weighted by Gasteiger charge is 2.25. The van der Waals surface area contributed by atoms with E-state index in [2.05, 4.69) is 157 Å². The Balaban J connectivity index is 1.14. The van der Waals surface area contributed by atoms with Crippen LogP contribution in [0.1, 0.15) is 43.6 Å². The summed E-state index contributed by atoms with van der Waals surface area (Å²) in [4.78, 5) is 2.41. The predicted octanol–water partition coefficient (Wildman–Crippen LogP) is 15.5. The SMILES string of the molecule is c1cc(-c2ccc3c(c2)oc2ccccc23)cc(N(c2ccccc2-c2cccc3cccc(C4CCCCC4)c23)c2cccc3c2oc2ccccc23)c1. The molecule has 0 spiro atoms. The van der Waals surface area contributed by atoms with E-state index in [1.54, 1.807) is 0 Å². The molecule has 0 bridgehead atoms. The van der Waals surface area contributed by atoms with Gasteiger partial charge in [0.2, 0.25) is 0 Å². The minimum absolute atomic E-state index is 0.576. The van der Waals surface area contributed by atoms with Crippen LogP contribution in [-0.2, 0) is 0 Å². The van der Waals surface area contributed by atoms with Crippen molar-refractivity contribution in [1.29, 1.82) is 0 Å². The van der Waals surface area contributed by atoms with Crippen LogP contribution in [-0.4, -0.2) is 0 Å². The smallest absolute Gasteiger partial charge is 0.159 e. The van der Waals surface area contributed by atoms with Crippen LogP contribution in [0, 0.1) is 0 Å². The maximum Gasteiger partial charge on any atom is 0.159 e. The zero-order valence-corrected chi connectivity index (χ0v) is 30.5. The molecular weight excluding hydrogens is 671 g/mol. The second-order valence-corrected chi connectivity index (χ2v) is 15.0. The molecule has 0 radical (unpaired) electrons. The third kappa shape index (κ3) is 5.33. The van der Waals surface area contributed by atoms with E-state index in [4.69, 9.17) is 8.83 Å². The Morgan fingerprint density at radius 2 is 1.07 bits per heavy atom. The lowest BCUT2D eigenvalue weighted by atomic mass is 9.80. The van der Waals surface area contributed by atoms with Crippen molar-refractivity contribution in [2.45, 2.75) is 38.0 Å². The molecule has 2 heterocycles. The summed E-state index contributed by atoms with van der Waals surface area (Å²) in [6.07, 6.45) is 6.44. The van der Waals surface area contributed by atoms with Crippen molar-refractivity contribution in [3.8, 4) is 22.3 Å². The van der Waals surface area contributed by atoms with Crippen molar-refractivity contribution < 1.29 is 8.83 Å². The van der Waals surface area contributed by atoms with E-state index in [0.29, 0.717) is 5.92 Å². The lowest BCUT2D eigenvalue weighted by molar-refractivity contribution is 0.445. The van der Waals surface area contributed by atoms with Crippen molar-refractivity contribution in [3.05, 3.63) is 175 Å². The molecule has 1 saturated carbocycles. The van der Waals surface area contributed by atoms with E-state index in [9.17, 15) is 0 Å². The number of hydrogen-bond donors (Lipinski definition) is 0. The Morgan fingerprint density at radius 1 is 0.436 bits per heavy atom. The molecule has 1 aliphatic carbocycles. The van der Waals surface area contributed by atoms with Crippen LogP contribution in [0.25, 0.3) is 76.9 Å². The molecule has 0 aliphatic heterocycles. The van der Waals surface area contributed by atoms with Gasteiger partial charge in [-0.05, 0) is 100 Å². The molecule has 8 aromatic carbocycles. The molecule has 1 fully saturated rings. The van der Waals surface area contributed by atoms with Crippen molar-refractivity contribution >= 4 is 71.7 Å². The molecule has 0 amide bonds. The zero-order valence-electron chi connectivity index (χ0n) is 30.5. The average molecular weight is 710 g/mol. The van der Waals surface area contributed by atoms with Gasteiger partial charge >= 0.3 is 0 Å². The van der Waals surface area contributed by atoms with E-state index in [-0.39, 0.29) is 0 Å². The number of nitrogens with zero attached hydrogens (tertiary/aromatic N) is 1.